The molecule has 106 valence electrons. The summed E-state index contributed by atoms with van der Waals surface area (Å²) >= 11 is 3.39. The SMILES string of the molecule is Cc1ccc(Br)cc1C(Cc1c(F)cccc1F)NN. The lowest BCUT2D eigenvalue weighted by atomic mass is 9.95. The van der Waals surface area contributed by atoms with E-state index in [-0.39, 0.29) is 18.0 Å². The quantitative estimate of drug-likeness (QED) is 0.656. The first kappa shape index (κ1) is 15.1. The van der Waals surface area contributed by atoms with Gasteiger partial charge in [0.2, 0.25) is 0 Å². The number of hydrazine groups is 1. The highest BCUT2D eigenvalue weighted by atomic mass is 79.9. The van der Waals surface area contributed by atoms with E-state index in [0.29, 0.717) is 0 Å². The van der Waals surface area contributed by atoms with Gasteiger partial charge in [-0.3, -0.25) is 11.3 Å². The highest BCUT2D eigenvalue weighted by Gasteiger charge is 2.18. The second-order valence-corrected chi connectivity index (χ2v) is 5.54. The summed E-state index contributed by atoms with van der Waals surface area (Å²) in [6, 6.07) is 9.23. The van der Waals surface area contributed by atoms with Crippen LogP contribution in [0.3, 0.4) is 0 Å². The zero-order valence-corrected chi connectivity index (χ0v) is 12.5. The molecular weight excluding hydrogens is 326 g/mol. The van der Waals surface area contributed by atoms with Crippen LogP contribution < -0.4 is 11.3 Å². The maximum absolute atomic E-state index is 13.7. The van der Waals surface area contributed by atoms with Crippen molar-refractivity contribution in [3.8, 4) is 0 Å². The molecule has 1 unspecified atom stereocenters. The highest BCUT2D eigenvalue weighted by Crippen LogP contribution is 2.26. The monoisotopic (exact) mass is 340 g/mol. The Bertz CT molecular complexity index is 597. The van der Waals surface area contributed by atoms with Gasteiger partial charge in [0.15, 0.2) is 0 Å². The van der Waals surface area contributed by atoms with Crippen LogP contribution in [0.25, 0.3) is 0 Å². The first-order chi connectivity index (χ1) is 9.52. The molecule has 0 saturated carbocycles. The maximum Gasteiger partial charge on any atom is 0.129 e. The van der Waals surface area contributed by atoms with Crippen molar-refractivity contribution in [1.29, 1.82) is 0 Å². The van der Waals surface area contributed by atoms with Gasteiger partial charge in [0, 0.05) is 10.0 Å². The third-order valence-electron chi connectivity index (χ3n) is 3.29. The number of rotatable bonds is 4. The largest absolute Gasteiger partial charge is 0.271 e. The second-order valence-electron chi connectivity index (χ2n) is 4.62. The average Bonchev–Trinajstić information content (AvgIpc) is 2.42. The van der Waals surface area contributed by atoms with Crippen molar-refractivity contribution in [2.24, 2.45) is 5.84 Å². The van der Waals surface area contributed by atoms with E-state index in [9.17, 15) is 8.78 Å². The molecule has 0 fully saturated rings. The lowest BCUT2D eigenvalue weighted by Gasteiger charge is -2.19. The van der Waals surface area contributed by atoms with E-state index >= 15 is 0 Å². The molecule has 2 nitrogen and oxygen atoms in total. The number of hydrogen-bond acceptors (Lipinski definition) is 2. The molecule has 0 bridgehead atoms. The molecule has 0 aliphatic heterocycles. The number of hydrogen-bond donors (Lipinski definition) is 2. The van der Waals surface area contributed by atoms with E-state index in [1.54, 1.807) is 0 Å². The number of nitrogens with one attached hydrogen (secondary N) is 1. The van der Waals surface area contributed by atoms with Gasteiger partial charge >= 0.3 is 0 Å². The molecule has 0 radical (unpaired) electrons. The molecule has 2 aromatic rings. The van der Waals surface area contributed by atoms with Crippen LogP contribution in [0.2, 0.25) is 0 Å². The number of benzene rings is 2. The van der Waals surface area contributed by atoms with Crippen LogP contribution in [0.5, 0.6) is 0 Å². The predicted molar refractivity (Wildman–Crippen MR) is 79.0 cm³/mol. The Balaban J connectivity index is 2.36. The Morgan fingerprint density at radius 2 is 1.85 bits per heavy atom. The van der Waals surface area contributed by atoms with Crippen LogP contribution in [-0.2, 0) is 6.42 Å². The molecule has 0 aliphatic rings. The Labute approximate surface area is 125 Å². The van der Waals surface area contributed by atoms with E-state index in [1.165, 1.54) is 18.2 Å². The normalized spacial score (nSPS) is 12.4. The van der Waals surface area contributed by atoms with Crippen molar-refractivity contribution in [2.75, 3.05) is 0 Å². The molecular formula is C15H15BrF2N2. The topological polar surface area (TPSA) is 38.0 Å². The summed E-state index contributed by atoms with van der Waals surface area (Å²) in [5.41, 5.74) is 4.59. The lowest BCUT2D eigenvalue weighted by molar-refractivity contribution is 0.498. The van der Waals surface area contributed by atoms with Gasteiger partial charge in [-0.05, 0) is 48.7 Å². The van der Waals surface area contributed by atoms with E-state index in [2.05, 4.69) is 21.4 Å². The van der Waals surface area contributed by atoms with Crippen molar-refractivity contribution < 1.29 is 8.78 Å². The van der Waals surface area contributed by atoms with Crippen molar-refractivity contribution in [2.45, 2.75) is 19.4 Å². The summed E-state index contributed by atoms with van der Waals surface area (Å²) in [7, 11) is 0. The number of halogens is 3. The number of aryl methyl sites for hydroxylation is 1. The van der Waals surface area contributed by atoms with E-state index in [1.807, 2.05) is 25.1 Å². The van der Waals surface area contributed by atoms with Crippen LogP contribution in [0.15, 0.2) is 40.9 Å². The van der Waals surface area contributed by atoms with Crippen LogP contribution in [-0.4, -0.2) is 0 Å². The molecule has 0 aliphatic carbocycles. The summed E-state index contributed by atoms with van der Waals surface area (Å²) in [6.45, 7) is 1.93. The van der Waals surface area contributed by atoms with Gasteiger partial charge in [0.25, 0.3) is 0 Å². The summed E-state index contributed by atoms with van der Waals surface area (Å²) in [4.78, 5) is 0. The van der Waals surface area contributed by atoms with E-state index in [0.717, 1.165) is 15.6 Å². The summed E-state index contributed by atoms with van der Waals surface area (Å²) in [5.74, 6) is 4.45. The Morgan fingerprint density at radius 1 is 1.20 bits per heavy atom. The summed E-state index contributed by atoms with van der Waals surface area (Å²) < 4.78 is 28.3. The smallest absolute Gasteiger partial charge is 0.129 e. The van der Waals surface area contributed by atoms with Gasteiger partial charge in [0.05, 0.1) is 6.04 Å². The maximum atomic E-state index is 13.7. The van der Waals surface area contributed by atoms with Crippen molar-refractivity contribution in [3.05, 3.63) is 69.2 Å². The van der Waals surface area contributed by atoms with Crippen molar-refractivity contribution in [1.82, 2.24) is 5.43 Å². The highest BCUT2D eigenvalue weighted by molar-refractivity contribution is 9.10. The molecule has 0 amide bonds. The van der Waals surface area contributed by atoms with Crippen LogP contribution in [0.4, 0.5) is 8.78 Å². The molecule has 5 heteroatoms. The fourth-order valence-electron chi connectivity index (χ4n) is 2.18. The van der Waals surface area contributed by atoms with Gasteiger partial charge in [-0.15, -0.1) is 0 Å². The molecule has 1 atom stereocenters. The standard InChI is InChI=1S/C15H15BrF2N2/c1-9-5-6-10(16)7-11(9)15(20-19)8-12-13(17)3-2-4-14(12)18/h2-7,15,20H,8,19H2,1H3. The van der Waals surface area contributed by atoms with E-state index in [4.69, 9.17) is 5.84 Å². The van der Waals surface area contributed by atoms with Crippen LogP contribution in [0.1, 0.15) is 22.7 Å². The molecule has 2 rings (SSSR count). The fraction of sp³-hybridized carbons (Fsp3) is 0.200. The fourth-order valence-corrected chi connectivity index (χ4v) is 2.56. The third-order valence-corrected chi connectivity index (χ3v) is 3.78. The zero-order chi connectivity index (χ0) is 14.7. The minimum atomic E-state index is -0.558. The molecule has 0 spiro atoms. The predicted octanol–water partition coefficient (Wildman–Crippen LogP) is 3.78. The van der Waals surface area contributed by atoms with Gasteiger partial charge in [-0.2, -0.15) is 0 Å². The molecule has 20 heavy (non-hydrogen) atoms. The van der Waals surface area contributed by atoms with Gasteiger partial charge in [0.1, 0.15) is 11.6 Å². The van der Waals surface area contributed by atoms with Crippen LogP contribution in [0, 0.1) is 18.6 Å². The van der Waals surface area contributed by atoms with Crippen LogP contribution >= 0.6 is 15.9 Å². The van der Waals surface area contributed by atoms with Crippen molar-refractivity contribution in [3.63, 3.8) is 0 Å². The molecule has 3 N–H and O–H groups in total. The van der Waals surface area contributed by atoms with Gasteiger partial charge < -0.3 is 0 Å². The van der Waals surface area contributed by atoms with Gasteiger partial charge in [-0.1, -0.05) is 28.1 Å². The molecule has 2 aromatic carbocycles. The summed E-state index contributed by atoms with van der Waals surface area (Å²) in [5, 5.41) is 0. The Morgan fingerprint density at radius 3 is 2.45 bits per heavy atom. The first-order valence-electron chi connectivity index (χ1n) is 6.18. The van der Waals surface area contributed by atoms with E-state index < -0.39 is 11.6 Å². The minimum Gasteiger partial charge on any atom is -0.271 e. The average molecular weight is 341 g/mol. The Kier molecular flexibility index (Phi) is 4.86. The third kappa shape index (κ3) is 3.23. The summed E-state index contributed by atoms with van der Waals surface area (Å²) in [6.07, 6.45) is 0.145. The first-order valence-corrected chi connectivity index (χ1v) is 6.97. The molecule has 0 aromatic heterocycles. The second kappa shape index (κ2) is 6.43. The zero-order valence-electron chi connectivity index (χ0n) is 11.0. The Hall–Kier alpha value is -1.30. The minimum absolute atomic E-state index is 0.0369. The molecule has 0 heterocycles. The molecule has 0 saturated heterocycles. The number of nitrogens with two attached hydrogens (primary N) is 1. The van der Waals surface area contributed by atoms with Crippen molar-refractivity contribution >= 4 is 15.9 Å². The lowest BCUT2D eigenvalue weighted by Crippen LogP contribution is -2.30. The van der Waals surface area contributed by atoms with Gasteiger partial charge in [-0.25, -0.2) is 8.78 Å².